The van der Waals surface area contributed by atoms with Crippen LogP contribution in [0.4, 0.5) is 11.4 Å². The monoisotopic (exact) mass is 394 g/mol. The Bertz CT molecular complexity index is 942. The van der Waals surface area contributed by atoms with E-state index in [1.54, 1.807) is 12.1 Å². The number of rotatable bonds is 6. The molecule has 0 aliphatic heterocycles. The highest BCUT2D eigenvalue weighted by Crippen LogP contribution is 2.26. The molecule has 0 aliphatic rings. The van der Waals surface area contributed by atoms with Crippen molar-refractivity contribution >= 4 is 44.6 Å². The van der Waals surface area contributed by atoms with Crippen LogP contribution in [0, 0.1) is 0 Å². The molecular formula is C18H19ClN2O4S. The fourth-order valence-corrected chi connectivity index (χ4v) is 3.10. The lowest BCUT2D eigenvalue weighted by Gasteiger charge is -2.10. The first-order valence-corrected chi connectivity index (χ1v) is 10.2. The molecule has 2 N–H and O–H groups in total. The Balaban J connectivity index is 2.16. The van der Waals surface area contributed by atoms with Crippen molar-refractivity contribution in [2.45, 2.75) is 24.7 Å². The van der Waals surface area contributed by atoms with Crippen molar-refractivity contribution in [3.8, 4) is 0 Å². The number of carbonyl (C=O) groups is 2. The molecular weight excluding hydrogens is 376 g/mol. The minimum absolute atomic E-state index is 0.0604. The van der Waals surface area contributed by atoms with Gasteiger partial charge in [-0.15, -0.1) is 0 Å². The quantitative estimate of drug-likeness (QED) is 0.780. The average molecular weight is 395 g/mol. The summed E-state index contributed by atoms with van der Waals surface area (Å²) in [6.45, 7) is 1.91. The number of amides is 2. The summed E-state index contributed by atoms with van der Waals surface area (Å²) in [7, 11) is -3.41. The number of carbonyl (C=O) groups excluding carboxylic acids is 2. The van der Waals surface area contributed by atoms with Gasteiger partial charge in [0.15, 0.2) is 9.84 Å². The number of nitrogens with one attached hydrogen (secondary N) is 2. The smallest absolute Gasteiger partial charge is 0.255 e. The van der Waals surface area contributed by atoms with Gasteiger partial charge in [0.05, 0.1) is 15.6 Å². The van der Waals surface area contributed by atoms with Crippen molar-refractivity contribution in [2.24, 2.45) is 0 Å². The molecule has 0 fully saturated rings. The van der Waals surface area contributed by atoms with Gasteiger partial charge in [-0.25, -0.2) is 8.42 Å². The summed E-state index contributed by atoms with van der Waals surface area (Å²) < 4.78 is 23.2. The van der Waals surface area contributed by atoms with E-state index in [-0.39, 0.29) is 21.4 Å². The van der Waals surface area contributed by atoms with Gasteiger partial charge >= 0.3 is 0 Å². The molecule has 6 nitrogen and oxygen atoms in total. The van der Waals surface area contributed by atoms with Crippen molar-refractivity contribution in [2.75, 3.05) is 16.9 Å². The summed E-state index contributed by atoms with van der Waals surface area (Å²) in [4.78, 5) is 24.0. The van der Waals surface area contributed by atoms with Gasteiger partial charge in [-0.1, -0.05) is 24.6 Å². The van der Waals surface area contributed by atoms with Crippen LogP contribution in [0.1, 0.15) is 30.1 Å². The highest BCUT2D eigenvalue weighted by atomic mass is 35.5. The molecule has 138 valence electrons. The van der Waals surface area contributed by atoms with Crippen LogP contribution in [0.3, 0.4) is 0 Å². The fourth-order valence-electron chi connectivity index (χ4n) is 2.21. The van der Waals surface area contributed by atoms with Crippen molar-refractivity contribution in [3.05, 3.63) is 53.1 Å². The summed E-state index contributed by atoms with van der Waals surface area (Å²) in [5, 5.41) is 5.61. The van der Waals surface area contributed by atoms with E-state index in [1.165, 1.54) is 30.3 Å². The van der Waals surface area contributed by atoms with Gasteiger partial charge in [0.25, 0.3) is 5.91 Å². The molecule has 0 spiro atoms. The molecule has 2 amide bonds. The van der Waals surface area contributed by atoms with Crippen molar-refractivity contribution in [1.82, 2.24) is 0 Å². The second kappa shape index (κ2) is 8.33. The molecule has 2 aromatic rings. The van der Waals surface area contributed by atoms with Crippen LogP contribution >= 0.6 is 11.6 Å². The number of hydrogen-bond acceptors (Lipinski definition) is 4. The van der Waals surface area contributed by atoms with Gasteiger partial charge in [0.2, 0.25) is 5.91 Å². The Kier molecular flexibility index (Phi) is 6.39. The summed E-state index contributed by atoms with van der Waals surface area (Å²) in [5.41, 5.74) is 1.09. The van der Waals surface area contributed by atoms with Crippen LogP contribution in [0.5, 0.6) is 0 Å². The second-order valence-corrected chi connectivity index (χ2v) is 8.17. The van der Waals surface area contributed by atoms with Crippen LogP contribution in [0.2, 0.25) is 5.02 Å². The van der Waals surface area contributed by atoms with E-state index < -0.39 is 15.7 Å². The number of halogens is 1. The molecule has 2 aromatic carbocycles. The van der Waals surface area contributed by atoms with Gasteiger partial charge in [-0.2, -0.15) is 0 Å². The zero-order valence-electron chi connectivity index (χ0n) is 14.4. The van der Waals surface area contributed by atoms with E-state index in [9.17, 15) is 18.0 Å². The third kappa shape index (κ3) is 5.31. The predicted octanol–water partition coefficient (Wildman–Crippen LogP) is 3.73. The molecule has 0 atom stereocenters. The van der Waals surface area contributed by atoms with Crippen LogP contribution in [-0.4, -0.2) is 26.5 Å². The molecule has 0 aliphatic carbocycles. The largest absolute Gasteiger partial charge is 0.326 e. The molecule has 8 heteroatoms. The Labute approximate surface area is 157 Å². The third-order valence-electron chi connectivity index (χ3n) is 3.50. The molecule has 0 saturated heterocycles. The summed E-state index contributed by atoms with van der Waals surface area (Å²) in [6, 6.07) is 10.5. The molecule has 0 unspecified atom stereocenters. The van der Waals surface area contributed by atoms with Crippen molar-refractivity contribution in [1.29, 1.82) is 0 Å². The van der Waals surface area contributed by atoms with Gasteiger partial charge in [-0.05, 0) is 42.8 Å². The van der Waals surface area contributed by atoms with E-state index in [1.807, 2.05) is 6.92 Å². The lowest BCUT2D eigenvalue weighted by atomic mass is 10.2. The maximum absolute atomic E-state index is 12.4. The second-order valence-electron chi connectivity index (χ2n) is 5.75. The van der Waals surface area contributed by atoms with E-state index in [4.69, 9.17) is 11.6 Å². The minimum Gasteiger partial charge on any atom is -0.326 e. The average Bonchev–Trinajstić information content (AvgIpc) is 2.57. The third-order valence-corrected chi connectivity index (χ3v) is 4.93. The van der Waals surface area contributed by atoms with Gasteiger partial charge < -0.3 is 10.6 Å². The zero-order valence-corrected chi connectivity index (χ0v) is 15.9. The number of benzene rings is 2. The lowest BCUT2D eigenvalue weighted by molar-refractivity contribution is -0.116. The van der Waals surface area contributed by atoms with Crippen LogP contribution in [0.15, 0.2) is 47.4 Å². The van der Waals surface area contributed by atoms with Crippen molar-refractivity contribution in [3.63, 3.8) is 0 Å². The molecule has 0 aromatic heterocycles. The Morgan fingerprint density at radius 1 is 1.08 bits per heavy atom. The molecule has 0 radical (unpaired) electrons. The van der Waals surface area contributed by atoms with E-state index in [0.29, 0.717) is 17.8 Å². The molecule has 0 saturated carbocycles. The maximum Gasteiger partial charge on any atom is 0.255 e. The molecule has 0 heterocycles. The topological polar surface area (TPSA) is 92.3 Å². The normalized spacial score (nSPS) is 11.0. The summed E-state index contributed by atoms with van der Waals surface area (Å²) in [5.74, 6) is -0.599. The van der Waals surface area contributed by atoms with E-state index >= 15 is 0 Å². The maximum atomic E-state index is 12.4. The first-order valence-electron chi connectivity index (χ1n) is 7.91. The predicted molar refractivity (Wildman–Crippen MR) is 102 cm³/mol. The van der Waals surface area contributed by atoms with Gasteiger partial charge in [0.1, 0.15) is 0 Å². The highest BCUT2D eigenvalue weighted by molar-refractivity contribution is 7.90. The Morgan fingerprint density at radius 2 is 1.81 bits per heavy atom. The SMILES string of the molecule is CCCC(=O)Nc1ccc(NC(=O)c2cccc(S(C)(=O)=O)c2)c(Cl)c1. The Morgan fingerprint density at radius 3 is 2.42 bits per heavy atom. The number of hydrogen-bond donors (Lipinski definition) is 2. The molecule has 26 heavy (non-hydrogen) atoms. The first kappa shape index (κ1) is 19.9. The Hall–Kier alpha value is -2.38. The van der Waals surface area contributed by atoms with Crippen LogP contribution < -0.4 is 10.6 Å². The number of anilines is 2. The standard InChI is InChI=1S/C18H19ClN2O4S/c1-3-5-17(22)20-13-8-9-16(15(19)11-13)21-18(23)12-6-4-7-14(10-12)26(2,24)25/h4,6-11H,3,5H2,1-2H3,(H,20,22)(H,21,23). The van der Waals surface area contributed by atoms with Crippen molar-refractivity contribution < 1.29 is 18.0 Å². The van der Waals surface area contributed by atoms with E-state index in [0.717, 1.165) is 12.7 Å². The number of sulfone groups is 1. The van der Waals surface area contributed by atoms with Crippen LogP contribution in [0.25, 0.3) is 0 Å². The minimum atomic E-state index is -3.41. The highest BCUT2D eigenvalue weighted by Gasteiger charge is 2.13. The zero-order chi connectivity index (χ0) is 19.3. The van der Waals surface area contributed by atoms with Crippen LogP contribution in [-0.2, 0) is 14.6 Å². The van der Waals surface area contributed by atoms with Gasteiger partial charge in [-0.3, -0.25) is 9.59 Å². The molecule has 2 rings (SSSR count). The fraction of sp³-hybridized carbons (Fsp3) is 0.222. The summed E-state index contributed by atoms with van der Waals surface area (Å²) in [6.07, 6.45) is 2.22. The lowest BCUT2D eigenvalue weighted by Crippen LogP contribution is -2.14. The summed E-state index contributed by atoms with van der Waals surface area (Å²) >= 11 is 6.16. The molecule has 0 bridgehead atoms. The van der Waals surface area contributed by atoms with Gasteiger partial charge in [0, 0.05) is 23.9 Å². The van der Waals surface area contributed by atoms with E-state index in [2.05, 4.69) is 10.6 Å². The first-order chi connectivity index (χ1) is 12.2.